The van der Waals surface area contributed by atoms with Crippen LogP contribution in [0.1, 0.15) is 126 Å². The zero-order chi connectivity index (χ0) is 21.1. The van der Waals surface area contributed by atoms with Gasteiger partial charge in [-0.25, -0.2) is 0 Å². The molecule has 166 valence electrons. The van der Waals surface area contributed by atoms with Crippen LogP contribution in [0.4, 0.5) is 0 Å². The molecule has 0 aromatic heterocycles. The normalized spacial score (nSPS) is 49.4. The summed E-state index contributed by atoms with van der Waals surface area (Å²) >= 11 is 0. The fraction of sp³-hybridized carbons (Fsp3) is 0.931. The molecule has 4 saturated carbocycles. The van der Waals surface area contributed by atoms with Crippen molar-refractivity contribution in [1.82, 2.24) is 0 Å². The highest BCUT2D eigenvalue weighted by Gasteiger charge is 2.85. The lowest BCUT2D eigenvalue weighted by molar-refractivity contribution is -0.0180. The van der Waals surface area contributed by atoms with Crippen LogP contribution in [0.15, 0.2) is 11.6 Å². The lowest BCUT2D eigenvalue weighted by atomic mass is 9.54. The first-order valence-corrected chi connectivity index (χ1v) is 13.5. The van der Waals surface area contributed by atoms with Crippen molar-refractivity contribution in [3.63, 3.8) is 0 Å². The van der Waals surface area contributed by atoms with Gasteiger partial charge in [0.2, 0.25) is 0 Å². The summed E-state index contributed by atoms with van der Waals surface area (Å²) in [7, 11) is 0. The first-order valence-electron chi connectivity index (χ1n) is 13.5. The van der Waals surface area contributed by atoms with E-state index < -0.39 is 0 Å². The maximum Gasteiger partial charge on any atom is 0.00113 e. The number of rotatable bonds is 5. The maximum atomic E-state index is 2.76. The van der Waals surface area contributed by atoms with Crippen LogP contribution < -0.4 is 0 Å². The van der Waals surface area contributed by atoms with Gasteiger partial charge in [-0.2, -0.15) is 0 Å². The third-order valence-corrected chi connectivity index (χ3v) is 11.3. The van der Waals surface area contributed by atoms with Crippen LogP contribution in [-0.4, -0.2) is 0 Å². The van der Waals surface area contributed by atoms with Gasteiger partial charge in [-0.1, -0.05) is 79.4 Å². The van der Waals surface area contributed by atoms with Crippen molar-refractivity contribution < 1.29 is 0 Å². The quantitative estimate of drug-likeness (QED) is 0.320. The third-order valence-electron chi connectivity index (χ3n) is 11.3. The number of hydrogen-bond acceptors (Lipinski definition) is 0. The van der Waals surface area contributed by atoms with E-state index >= 15 is 0 Å². The van der Waals surface area contributed by atoms with E-state index in [-0.39, 0.29) is 0 Å². The van der Waals surface area contributed by atoms with E-state index in [4.69, 9.17) is 0 Å². The van der Waals surface area contributed by atoms with Crippen molar-refractivity contribution in [3.05, 3.63) is 11.6 Å². The second kappa shape index (κ2) is 7.41. The Morgan fingerprint density at radius 1 is 0.966 bits per heavy atom. The molecule has 5 aliphatic rings. The van der Waals surface area contributed by atoms with Gasteiger partial charge in [-0.15, -0.1) is 0 Å². The van der Waals surface area contributed by atoms with Gasteiger partial charge in [0, 0.05) is 5.41 Å². The van der Waals surface area contributed by atoms with E-state index in [0.29, 0.717) is 16.2 Å². The molecule has 0 radical (unpaired) electrons. The average Bonchev–Trinajstić information content (AvgIpc) is 2.95. The van der Waals surface area contributed by atoms with Crippen LogP contribution >= 0.6 is 0 Å². The minimum atomic E-state index is 0.614. The van der Waals surface area contributed by atoms with E-state index in [1.54, 1.807) is 19.3 Å². The van der Waals surface area contributed by atoms with Crippen molar-refractivity contribution >= 4 is 0 Å². The monoisotopic (exact) mass is 398 g/mol. The molecule has 2 spiro atoms. The fourth-order valence-corrected chi connectivity index (χ4v) is 9.73. The Morgan fingerprint density at radius 2 is 1.69 bits per heavy atom. The molecule has 7 unspecified atom stereocenters. The number of unbranched alkanes of at least 4 members (excludes halogenated alkanes) is 1. The summed E-state index contributed by atoms with van der Waals surface area (Å²) in [6.45, 7) is 16.7. The third kappa shape index (κ3) is 2.75. The number of allylic oxidation sites excluding steroid dienone is 2. The maximum absolute atomic E-state index is 2.76. The molecule has 5 rings (SSSR count). The van der Waals surface area contributed by atoms with Crippen molar-refractivity contribution in [2.75, 3.05) is 0 Å². The van der Waals surface area contributed by atoms with Crippen molar-refractivity contribution in [2.24, 2.45) is 45.3 Å². The molecular formula is C29H50. The molecule has 29 heavy (non-hydrogen) atoms. The Bertz CT molecular complexity index is 642. The molecule has 0 saturated heterocycles. The molecule has 4 fully saturated rings. The van der Waals surface area contributed by atoms with Crippen molar-refractivity contribution in [3.8, 4) is 0 Å². The molecular weight excluding hydrogens is 348 g/mol. The van der Waals surface area contributed by atoms with Crippen LogP contribution in [-0.2, 0) is 0 Å². The predicted octanol–water partition coefficient (Wildman–Crippen LogP) is 9.20. The molecule has 0 bridgehead atoms. The largest absolute Gasteiger partial charge is 0.0841 e. The van der Waals surface area contributed by atoms with Crippen molar-refractivity contribution in [1.29, 1.82) is 0 Å². The Labute approximate surface area is 182 Å². The van der Waals surface area contributed by atoms with Gasteiger partial charge in [0.25, 0.3) is 0 Å². The summed E-state index contributed by atoms with van der Waals surface area (Å²) in [6, 6.07) is 0. The Hall–Kier alpha value is -0.260. The zero-order valence-corrected chi connectivity index (χ0v) is 20.9. The van der Waals surface area contributed by atoms with E-state index in [1.165, 1.54) is 57.8 Å². The molecule has 0 aromatic rings. The van der Waals surface area contributed by atoms with E-state index in [2.05, 4.69) is 40.7 Å². The number of fused-ring (bicyclic) bond motifs is 1. The smallest absolute Gasteiger partial charge is 0.00113 e. The Balaban J connectivity index is 0.000000994. The first-order chi connectivity index (χ1) is 13.8. The molecule has 0 heterocycles. The van der Waals surface area contributed by atoms with Gasteiger partial charge < -0.3 is 0 Å². The second-order valence-electron chi connectivity index (χ2n) is 12.6. The molecule has 5 aliphatic carbocycles. The number of hydrogen-bond donors (Lipinski definition) is 0. The summed E-state index contributed by atoms with van der Waals surface area (Å²) in [5.41, 5.74) is 4.61. The van der Waals surface area contributed by atoms with E-state index in [9.17, 15) is 0 Å². The molecule has 0 heteroatoms. The SMILES string of the molecule is CC.CC(C)CCCCC1(C)CCC2C1(C)CCC1C34CCC(C)CC3=CCC214. The van der Waals surface area contributed by atoms with Gasteiger partial charge >= 0.3 is 0 Å². The predicted molar refractivity (Wildman–Crippen MR) is 127 cm³/mol. The molecule has 0 N–H and O–H groups in total. The molecule has 0 nitrogen and oxygen atoms in total. The van der Waals surface area contributed by atoms with Crippen LogP contribution in [0.3, 0.4) is 0 Å². The van der Waals surface area contributed by atoms with Crippen LogP contribution in [0, 0.1) is 45.3 Å². The minimum absolute atomic E-state index is 0.614. The lowest BCUT2D eigenvalue weighted by Crippen LogP contribution is -2.43. The Kier molecular flexibility index (Phi) is 5.61. The minimum Gasteiger partial charge on any atom is -0.0841 e. The van der Waals surface area contributed by atoms with Crippen molar-refractivity contribution in [2.45, 2.75) is 126 Å². The summed E-state index contributed by atoms with van der Waals surface area (Å²) in [5.74, 6) is 3.93. The fourth-order valence-electron chi connectivity index (χ4n) is 9.73. The van der Waals surface area contributed by atoms with E-state index in [1.807, 2.05) is 19.4 Å². The van der Waals surface area contributed by atoms with Gasteiger partial charge in [-0.3, -0.25) is 0 Å². The van der Waals surface area contributed by atoms with E-state index in [0.717, 1.165) is 29.1 Å². The molecule has 0 aliphatic heterocycles. The first kappa shape index (κ1) is 22.0. The van der Waals surface area contributed by atoms with Crippen LogP contribution in [0.25, 0.3) is 0 Å². The zero-order valence-electron chi connectivity index (χ0n) is 20.9. The average molecular weight is 399 g/mol. The topological polar surface area (TPSA) is 0 Å². The highest BCUT2D eigenvalue weighted by atomic mass is 14.9. The van der Waals surface area contributed by atoms with Gasteiger partial charge in [0.15, 0.2) is 0 Å². The highest BCUT2D eigenvalue weighted by Crippen LogP contribution is 2.91. The van der Waals surface area contributed by atoms with Gasteiger partial charge in [0.1, 0.15) is 0 Å². The summed E-state index contributed by atoms with van der Waals surface area (Å²) < 4.78 is 0. The van der Waals surface area contributed by atoms with Crippen LogP contribution in [0.2, 0.25) is 0 Å². The molecule has 0 amide bonds. The summed E-state index contributed by atoms with van der Waals surface area (Å²) in [5, 5.41) is 0. The second-order valence-corrected chi connectivity index (χ2v) is 12.6. The summed E-state index contributed by atoms with van der Waals surface area (Å²) in [6.07, 6.45) is 20.7. The van der Waals surface area contributed by atoms with Gasteiger partial charge in [-0.05, 0) is 97.7 Å². The standard InChI is InChI=1S/C27H44.C2H6/c1-19(2)8-6-7-13-24(4)14-11-22-25(24,5)15-12-23-26-16-9-20(3)18-21(26)10-17-27(22,23)26;1-2/h10,19-20,22-23H,6-9,11-18H2,1-5H3;1-2H3. The molecule has 7 atom stereocenters. The van der Waals surface area contributed by atoms with Crippen LogP contribution in [0.5, 0.6) is 0 Å². The summed E-state index contributed by atoms with van der Waals surface area (Å²) in [4.78, 5) is 0. The van der Waals surface area contributed by atoms with Gasteiger partial charge in [0.05, 0.1) is 0 Å². The highest BCUT2D eigenvalue weighted by molar-refractivity contribution is 5.46. The molecule has 0 aromatic carbocycles. The Morgan fingerprint density at radius 3 is 2.41 bits per heavy atom. The lowest BCUT2D eigenvalue weighted by Gasteiger charge is -2.50.